The molecule has 0 saturated carbocycles. The molecule has 2 N–H and O–H groups in total. The van der Waals surface area contributed by atoms with Crippen LogP contribution in [0.3, 0.4) is 0 Å². The number of nitrogens with two attached hydrogens (primary N) is 1. The van der Waals surface area contributed by atoms with E-state index < -0.39 is 0 Å². The highest BCUT2D eigenvalue weighted by molar-refractivity contribution is 5.36. The monoisotopic (exact) mass is 244 g/mol. The SMILES string of the molecule is CCC(C)CN(C)Cc1ccc(C#CCN)cc1. The maximum Gasteiger partial charge on any atom is 0.0555 e. The van der Waals surface area contributed by atoms with Gasteiger partial charge in [0.2, 0.25) is 0 Å². The van der Waals surface area contributed by atoms with Crippen LogP contribution in [0.25, 0.3) is 0 Å². The fourth-order valence-electron chi connectivity index (χ4n) is 1.88. The van der Waals surface area contributed by atoms with Crippen molar-refractivity contribution in [2.45, 2.75) is 26.8 Å². The molecule has 1 unspecified atom stereocenters. The zero-order valence-electron chi connectivity index (χ0n) is 11.7. The highest BCUT2D eigenvalue weighted by Gasteiger charge is 2.04. The number of nitrogens with zero attached hydrogens (tertiary/aromatic N) is 1. The van der Waals surface area contributed by atoms with Crippen molar-refractivity contribution in [2.75, 3.05) is 20.1 Å². The lowest BCUT2D eigenvalue weighted by Gasteiger charge is -2.20. The average molecular weight is 244 g/mol. The second kappa shape index (κ2) is 7.92. The van der Waals surface area contributed by atoms with Gasteiger partial charge in [-0.1, -0.05) is 44.2 Å². The summed E-state index contributed by atoms with van der Waals surface area (Å²) in [7, 11) is 2.17. The molecule has 0 bridgehead atoms. The van der Waals surface area contributed by atoms with Gasteiger partial charge in [-0.05, 0) is 30.7 Å². The van der Waals surface area contributed by atoms with Gasteiger partial charge in [-0.3, -0.25) is 0 Å². The highest BCUT2D eigenvalue weighted by atomic mass is 15.1. The number of benzene rings is 1. The molecule has 18 heavy (non-hydrogen) atoms. The Balaban J connectivity index is 2.52. The third kappa shape index (κ3) is 5.35. The molecule has 2 heteroatoms. The molecule has 2 nitrogen and oxygen atoms in total. The second-order valence-corrected chi connectivity index (χ2v) is 4.91. The minimum atomic E-state index is 0.416. The summed E-state index contributed by atoms with van der Waals surface area (Å²) < 4.78 is 0. The van der Waals surface area contributed by atoms with Gasteiger partial charge in [-0.2, -0.15) is 0 Å². The van der Waals surface area contributed by atoms with Crippen LogP contribution < -0.4 is 5.73 Å². The van der Waals surface area contributed by atoms with Gasteiger partial charge in [0.25, 0.3) is 0 Å². The van der Waals surface area contributed by atoms with Crippen LogP contribution in [0.15, 0.2) is 24.3 Å². The largest absolute Gasteiger partial charge is 0.320 e. The number of hydrogen-bond acceptors (Lipinski definition) is 2. The molecule has 0 heterocycles. The molecule has 0 aromatic heterocycles. The third-order valence-electron chi connectivity index (χ3n) is 3.06. The Morgan fingerprint density at radius 1 is 1.28 bits per heavy atom. The van der Waals surface area contributed by atoms with E-state index in [1.54, 1.807) is 0 Å². The van der Waals surface area contributed by atoms with E-state index in [1.165, 1.54) is 12.0 Å². The molecular weight excluding hydrogens is 220 g/mol. The van der Waals surface area contributed by atoms with Gasteiger partial charge in [0.1, 0.15) is 0 Å². The quantitative estimate of drug-likeness (QED) is 0.806. The third-order valence-corrected chi connectivity index (χ3v) is 3.06. The van der Waals surface area contributed by atoms with E-state index in [1.807, 2.05) is 0 Å². The summed E-state index contributed by atoms with van der Waals surface area (Å²) in [6, 6.07) is 8.42. The molecule has 98 valence electrons. The summed E-state index contributed by atoms with van der Waals surface area (Å²) in [4.78, 5) is 2.37. The molecule has 0 spiro atoms. The lowest BCUT2D eigenvalue weighted by atomic mass is 10.1. The van der Waals surface area contributed by atoms with E-state index in [2.05, 4.69) is 61.9 Å². The molecule has 0 fully saturated rings. The van der Waals surface area contributed by atoms with Crippen LogP contribution in [0.5, 0.6) is 0 Å². The molecule has 0 aliphatic heterocycles. The second-order valence-electron chi connectivity index (χ2n) is 4.91. The molecular formula is C16H24N2. The van der Waals surface area contributed by atoms with Gasteiger partial charge in [0, 0.05) is 18.7 Å². The molecule has 0 amide bonds. The molecule has 1 atom stereocenters. The molecule has 0 saturated heterocycles. The molecule has 1 aromatic rings. The van der Waals surface area contributed by atoms with E-state index in [0.29, 0.717) is 6.54 Å². The molecule has 1 rings (SSSR count). The Morgan fingerprint density at radius 3 is 2.50 bits per heavy atom. The van der Waals surface area contributed by atoms with Crippen molar-refractivity contribution in [3.63, 3.8) is 0 Å². The van der Waals surface area contributed by atoms with Gasteiger partial charge in [-0.15, -0.1) is 0 Å². The average Bonchev–Trinajstić information content (AvgIpc) is 2.37. The van der Waals surface area contributed by atoms with Crippen LogP contribution in [0.4, 0.5) is 0 Å². The van der Waals surface area contributed by atoms with Crippen molar-refractivity contribution in [3.05, 3.63) is 35.4 Å². The van der Waals surface area contributed by atoms with Crippen LogP contribution in [0.1, 0.15) is 31.4 Å². The van der Waals surface area contributed by atoms with Gasteiger partial charge >= 0.3 is 0 Å². The summed E-state index contributed by atoms with van der Waals surface area (Å²) >= 11 is 0. The predicted molar refractivity (Wildman–Crippen MR) is 78.2 cm³/mol. The van der Waals surface area contributed by atoms with Gasteiger partial charge in [0.05, 0.1) is 6.54 Å². The lowest BCUT2D eigenvalue weighted by molar-refractivity contribution is 0.275. The lowest BCUT2D eigenvalue weighted by Crippen LogP contribution is -2.23. The van der Waals surface area contributed by atoms with Gasteiger partial charge in [0.15, 0.2) is 0 Å². The van der Waals surface area contributed by atoms with E-state index >= 15 is 0 Å². The summed E-state index contributed by atoms with van der Waals surface area (Å²) in [5, 5.41) is 0. The Kier molecular flexibility index (Phi) is 6.49. The minimum Gasteiger partial charge on any atom is -0.320 e. The predicted octanol–water partition coefficient (Wildman–Crippen LogP) is 2.47. The van der Waals surface area contributed by atoms with E-state index in [4.69, 9.17) is 5.73 Å². The fourth-order valence-corrected chi connectivity index (χ4v) is 1.88. The van der Waals surface area contributed by atoms with E-state index in [9.17, 15) is 0 Å². The zero-order valence-corrected chi connectivity index (χ0v) is 11.7. The Labute approximate surface area is 111 Å². The Bertz CT molecular complexity index is 397. The van der Waals surface area contributed by atoms with Crippen molar-refractivity contribution >= 4 is 0 Å². The molecule has 1 aromatic carbocycles. The summed E-state index contributed by atoms with van der Waals surface area (Å²) in [6.07, 6.45) is 1.23. The van der Waals surface area contributed by atoms with Crippen molar-refractivity contribution in [1.29, 1.82) is 0 Å². The minimum absolute atomic E-state index is 0.416. The first-order valence-electron chi connectivity index (χ1n) is 6.62. The van der Waals surface area contributed by atoms with Crippen molar-refractivity contribution < 1.29 is 0 Å². The maximum absolute atomic E-state index is 5.35. The fraction of sp³-hybridized carbons (Fsp3) is 0.500. The standard InChI is InChI=1S/C16H24N2/c1-4-14(2)12-18(3)13-16-9-7-15(8-10-16)6-5-11-17/h7-10,14H,4,11-13,17H2,1-3H3. The van der Waals surface area contributed by atoms with Crippen LogP contribution >= 0.6 is 0 Å². The van der Waals surface area contributed by atoms with Crippen LogP contribution in [0, 0.1) is 17.8 Å². The highest BCUT2D eigenvalue weighted by Crippen LogP contribution is 2.09. The van der Waals surface area contributed by atoms with Crippen molar-refractivity contribution in [1.82, 2.24) is 4.90 Å². The number of rotatable bonds is 5. The van der Waals surface area contributed by atoms with E-state index in [-0.39, 0.29) is 0 Å². The zero-order chi connectivity index (χ0) is 13.4. The Hall–Kier alpha value is -1.30. The maximum atomic E-state index is 5.35. The first kappa shape index (κ1) is 14.8. The summed E-state index contributed by atoms with van der Waals surface area (Å²) in [5.74, 6) is 6.66. The van der Waals surface area contributed by atoms with Crippen LogP contribution in [-0.4, -0.2) is 25.0 Å². The van der Waals surface area contributed by atoms with Gasteiger partial charge < -0.3 is 10.6 Å². The normalized spacial score (nSPS) is 12.1. The van der Waals surface area contributed by atoms with Crippen LogP contribution in [-0.2, 0) is 6.54 Å². The molecule has 0 aliphatic carbocycles. The van der Waals surface area contributed by atoms with E-state index in [0.717, 1.165) is 24.6 Å². The first-order valence-corrected chi connectivity index (χ1v) is 6.62. The smallest absolute Gasteiger partial charge is 0.0555 e. The molecule has 0 radical (unpaired) electrons. The molecule has 0 aliphatic rings. The van der Waals surface area contributed by atoms with Crippen molar-refractivity contribution in [2.24, 2.45) is 11.7 Å². The summed E-state index contributed by atoms with van der Waals surface area (Å²) in [5.41, 5.74) is 7.72. The number of hydrogen-bond donors (Lipinski definition) is 1. The summed E-state index contributed by atoms with van der Waals surface area (Å²) in [6.45, 7) is 7.09. The topological polar surface area (TPSA) is 29.3 Å². The van der Waals surface area contributed by atoms with Crippen LogP contribution in [0.2, 0.25) is 0 Å². The van der Waals surface area contributed by atoms with Gasteiger partial charge in [-0.25, -0.2) is 0 Å². The Morgan fingerprint density at radius 2 is 1.94 bits per heavy atom. The van der Waals surface area contributed by atoms with Crippen molar-refractivity contribution in [3.8, 4) is 11.8 Å². The first-order chi connectivity index (χ1) is 8.65.